The second kappa shape index (κ2) is 9.30. The number of aryl methyl sites for hydroxylation is 1. The fourth-order valence-corrected chi connectivity index (χ4v) is 3.09. The van der Waals surface area contributed by atoms with Crippen LogP contribution in [0.1, 0.15) is 30.9 Å². The number of piperidine rings is 1. The lowest BCUT2D eigenvalue weighted by Gasteiger charge is -2.33. The van der Waals surface area contributed by atoms with Crippen LogP contribution >= 0.6 is 0 Å². The molecule has 132 valence electrons. The van der Waals surface area contributed by atoms with Crippen molar-refractivity contribution in [2.24, 2.45) is 10.9 Å². The normalized spacial score (nSPS) is 16.1. The fraction of sp³-hybridized carbons (Fsp3) is 0.579. The van der Waals surface area contributed by atoms with Crippen molar-refractivity contribution in [1.29, 1.82) is 0 Å². The molecule has 1 aliphatic rings. The summed E-state index contributed by atoms with van der Waals surface area (Å²) in [5, 5.41) is 3.43. The number of guanidine groups is 1. The molecule has 5 heteroatoms. The van der Waals surface area contributed by atoms with Gasteiger partial charge in [-0.1, -0.05) is 31.2 Å². The average molecular weight is 331 g/mol. The van der Waals surface area contributed by atoms with Gasteiger partial charge in [0.05, 0.1) is 13.0 Å². The monoisotopic (exact) mass is 331 g/mol. The maximum Gasteiger partial charge on any atom is 0.308 e. The zero-order valence-corrected chi connectivity index (χ0v) is 15.0. The fourth-order valence-electron chi connectivity index (χ4n) is 3.09. The quantitative estimate of drug-likeness (QED) is 0.511. The number of rotatable bonds is 5. The zero-order valence-electron chi connectivity index (χ0n) is 15.0. The van der Waals surface area contributed by atoms with E-state index >= 15 is 0 Å². The van der Waals surface area contributed by atoms with Crippen molar-refractivity contribution in [3.63, 3.8) is 0 Å². The lowest BCUT2D eigenvalue weighted by molar-refractivity contribution is -0.146. The standard InChI is InChI=1S/C19H29N3O2/c1-4-15-5-7-16(8-6-15)9-12-21-19(20-2)22-13-10-17(11-14-22)18(23)24-3/h5-8,17H,4,9-14H2,1-3H3,(H,20,21). The van der Waals surface area contributed by atoms with Crippen LogP contribution in [-0.2, 0) is 22.4 Å². The summed E-state index contributed by atoms with van der Waals surface area (Å²) >= 11 is 0. The van der Waals surface area contributed by atoms with E-state index in [0.717, 1.165) is 51.3 Å². The van der Waals surface area contributed by atoms with Gasteiger partial charge in [-0.3, -0.25) is 9.79 Å². The van der Waals surface area contributed by atoms with Crippen LogP contribution in [-0.4, -0.2) is 50.6 Å². The summed E-state index contributed by atoms with van der Waals surface area (Å²) < 4.78 is 4.84. The van der Waals surface area contributed by atoms with E-state index in [1.165, 1.54) is 18.2 Å². The number of carbonyl (C=O) groups excluding carboxylic acids is 1. The number of aliphatic imine (C=N–C) groups is 1. The van der Waals surface area contributed by atoms with E-state index in [1.54, 1.807) is 0 Å². The molecule has 1 heterocycles. The van der Waals surface area contributed by atoms with Crippen molar-refractivity contribution >= 4 is 11.9 Å². The van der Waals surface area contributed by atoms with Gasteiger partial charge in [-0.25, -0.2) is 0 Å². The smallest absolute Gasteiger partial charge is 0.308 e. The molecule has 0 saturated carbocycles. The molecule has 0 aliphatic carbocycles. The largest absolute Gasteiger partial charge is 0.469 e. The second-order valence-corrected chi connectivity index (χ2v) is 6.18. The van der Waals surface area contributed by atoms with Crippen LogP contribution in [0.3, 0.4) is 0 Å². The van der Waals surface area contributed by atoms with Crippen LogP contribution in [0.4, 0.5) is 0 Å². The van der Waals surface area contributed by atoms with E-state index in [4.69, 9.17) is 4.74 Å². The second-order valence-electron chi connectivity index (χ2n) is 6.18. The summed E-state index contributed by atoms with van der Waals surface area (Å²) in [6.45, 7) is 4.70. The number of hydrogen-bond donors (Lipinski definition) is 1. The van der Waals surface area contributed by atoms with Crippen LogP contribution in [0.5, 0.6) is 0 Å². The Hall–Kier alpha value is -2.04. The molecule has 0 spiro atoms. The summed E-state index contributed by atoms with van der Waals surface area (Å²) in [4.78, 5) is 18.2. The third-order valence-corrected chi connectivity index (χ3v) is 4.67. The van der Waals surface area contributed by atoms with E-state index in [-0.39, 0.29) is 11.9 Å². The van der Waals surface area contributed by atoms with Crippen LogP contribution in [0.2, 0.25) is 0 Å². The minimum Gasteiger partial charge on any atom is -0.469 e. The highest BCUT2D eigenvalue weighted by molar-refractivity contribution is 5.80. The third kappa shape index (κ3) is 4.98. The Balaban J connectivity index is 1.77. The van der Waals surface area contributed by atoms with E-state index in [2.05, 4.69) is 46.4 Å². The minimum absolute atomic E-state index is 0.0291. The lowest BCUT2D eigenvalue weighted by atomic mass is 9.97. The number of methoxy groups -OCH3 is 1. The molecular weight excluding hydrogens is 302 g/mol. The Morgan fingerprint density at radius 2 is 1.88 bits per heavy atom. The first-order valence-electron chi connectivity index (χ1n) is 8.79. The molecule has 0 bridgehead atoms. The summed E-state index contributed by atoms with van der Waals surface area (Å²) in [6, 6.07) is 8.79. The van der Waals surface area contributed by atoms with E-state index < -0.39 is 0 Å². The topological polar surface area (TPSA) is 53.9 Å². The molecule has 0 amide bonds. The Labute approximate surface area is 145 Å². The number of likely N-dealkylation sites (tertiary alicyclic amines) is 1. The molecule has 1 fully saturated rings. The SMILES string of the molecule is CCc1ccc(CCNC(=NC)N2CCC(C(=O)OC)CC2)cc1. The van der Waals surface area contributed by atoms with Gasteiger partial charge < -0.3 is 15.0 Å². The van der Waals surface area contributed by atoms with Crippen molar-refractivity contribution < 1.29 is 9.53 Å². The van der Waals surface area contributed by atoms with Gasteiger partial charge >= 0.3 is 5.97 Å². The van der Waals surface area contributed by atoms with Gasteiger partial charge in [0.25, 0.3) is 0 Å². The number of esters is 1. The summed E-state index contributed by atoms with van der Waals surface area (Å²) in [7, 11) is 3.27. The van der Waals surface area contributed by atoms with Gasteiger partial charge in [0.1, 0.15) is 0 Å². The van der Waals surface area contributed by atoms with E-state index in [1.807, 2.05) is 7.05 Å². The van der Waals surface area contributed by atoms with Gasteiger partial charge in [0, 0.05) is 26.7 Å². The van der Waals surface area contributed by atoms with E-state index in [9.17, 15) is 4.79 Å². The first-order valence-corrected chi connectivity index (χ1v) is 8.79. The molecule has 0 aromatic heterocycles. The Morgan fingerprint density at radius 3 is 2.42 bits per heavy atom. The van der Waals surface area contributed by atoms with Gasteiger partial charge in [-0.15, -0.1) is 0 Å². The number of hydrogen-bond acceptors (Lipinski definition) is 3. The predicted molar refractivity (Wildman–Crippen MR) is 97.2 cm³/mol. The number of nitrogens with one attached hydrogen (secondary N) is 1. The molecule has 1 aromatic rings. The Morgan fingerprint density at radius 1 is 1.25 bits per heavy atom. The summed E-state index contributed by atoms with van der Waals surface area (Å²) in [5.74, 6) is 0.859. The molecule has 24 heavy (non-hydrogen) atoms. The molecular formula is C19H29N3O2. The molecule has 1 N–H and O–H groups in total. The Bertz CT molecular complexity index is 546. The van der Waals surface area contributed by atoms with Crippen LogP contribution < -0.4 is 5.32 Å². The van der Waals surface area contributed by atoms with Crippen molar-refractivity contribution in [3.05, 3.63) is 35.4 Å². The van der Waals surface area contributed by atoms with Gasteiger partial charge in [-0.05, 0) is 36.8 Å². The van der Waals surface area contributed by atoms with Crippen molar-refractivity contribution in [2.75, 3.05) is 33.8 Å². The highest BCUT2D eigenvalue weighted by Gasteiger charge is 2.26. The van der Waals surface area contributed by atoms with Gasteiger partial charge in [0.15, 0.2) is 5.96 Å². The zero-order chi connectivity index (χ0) is 17.4. The highest BCUT2D eigenvalue weighted by Crippen LogP contribution is 2.18. The molecule has 0 unspecified atom stereocenters. The Kier molecular flexibility index (Phi) is 7.09. The number of nitrogens with zero attached hydrogens (tertiary/aromatic N) is 2. The maximum atomic E-state index is 11.6. The molecule has 1 aliphatic heterocycles. The van der Waals surface area contributed by atoms with Gasteiger partial charge in [-0.2, -0.15) is 0 Å². The maximum absolute atomic E-state index is 11.6. The number of carbonyl (C=O) groups is 1. The molecule has 2 rings (SSSR count). The summed E-state index contributed by atoms with van der Waals surface area (Å²) in [6.07, 6.45) is 3.70. The molecule has 1 aromatic carbocycles. The van der Waals surface area contributed by atoms with Crippen LogP contribution in [0.25, 0.3) is 0 Å². The number of ether oxygens (including phenoxy) is 1. The third-order valence-electron chi connectivity index (χ3n) is 4.67. The van der Waals surface area contributed by atoms with Crippen LogP contribution in [0.15, 0.2) is 29.3 Å². The van der Waals surface area contributed by atoms with Crippen LogP contribution in [0, 0.1) is 5.92 Å². The summed E-state index contributed by atoms with van der Waals surface area (Å²) in [5.41, 5.74) is 2.70. The van der Waals surface area contributed by atoms with Crippen molar-refractivity contribution in [2.45, 2.75) is 32.6 Å². The lowest BCUT2D eigenvalue weighted by Crippen LogP contribution is -2.47. The number of benzene rings is 1. The molecule has 0 radical (unpaired) electrons. The van der Waals surface area contributed by atoms with E-state index in [0.29, 0.717) is 0 Å². The average Bonchev–Trinajstić information content (AvgIpc) is 2.65. The van der Waals surface area contributed by atoms with Gasteiger partial charge in [0.2, 0.25) is 0 Å². The van der Waals surface area contributed by atoms with Crippen molar-refractivity contribution in [1.82, 2.24) is 10.2 Å². The van der Waals surface area contributed by atoms with Crippen molar-refractivity contribution in [3.8, 4) is 0 Å². The molecule has 0 atom stereocenters. The molecule has 1 saturated heterocycles. The minimum atomic E-state index is -0.0897. The predicted octanol–water partition coefficient (Wildman–Crippen LogP) is 2.25. The first-order chi connectivity index (χ1) is 11.7. The first kappa shape index (κ1) is 18.3. The highest BCUT2D eigenvalue weighted by atomic mass is 16.5. The molecule has 5 nitrogen and oxygen atoms in total.